The van der Waals surface area contributed by atoms with Gasteiger partial charge in [0.25, 0.3) is 5.91 Å². The summed E-state index contributed by atoms with van der Waals surface area (Å²) in [7, 11) is 0. The molecule has 0 saturated carbocycles. The molecule has 0 aromatic carbocycles. The summed E-state index contributed by atoms with van der Waals surface area (Å²) in [6, 6.07) is 0.00446. The largest absolute Gasteiger partial charge is 0.315 e. The number of hydrogen-bond acceptors (Lipinski definition) is 3. The molecule has 0 radical (unpaired) electrons. The smallest absolute Gasteiger partial charge is 0.250 e. The fourth-order valence-corrected chi connectivity index (χ4v) is 1.81. The van der Waals surface area contributed by atoms with Gasteiger partial charge in [0.05, 0.1) is 0 Å². The molecular formula is C10H15N3O. The summed E-state index contributed by atoms with van der Waals surface area (Å²) < 4.78 is 0. The molecule has 1 atom stereocenters. The number of carbonyl (C=O) groups is 1. The van der Waals surface area contributed by atoms with E-state index in [4.69, 9.17) is 0 Å². The normalized spacial score (nSPS) is 25.4. The lowest BCUT2D eigenvalue weighted by molar-refractivity contribution is -0.134. The van der Waals surface area contributed by atoms with E-state index < -0.39 is 0 Å². The van der Waals surface area contributed by atoms with E-state index in [1.54, 1.807) is 4.90 Å². The molecule has 2 rings (SSSR count). The number of carbonyl (C=O) groups excluding carboxylic acids is 1. The summed E-state index contributed by atoms with van der Waals surface area (Å²) >= 11 is 0. The fraction of sp³-hybridized carbons (Fsp3) is 0.500. The maximum absolute atomic E-state index is 11.9. The molecule has 0 aromatic rings. The molecule has 1 saturated heterocycles. The first-order chi connectivity index (χ1) is 6.83. The maximum atomic E-state index is 11.9. The highest BCUT2D eigenvalue weighted by molar-refractivity contribution is 5.84. The molecule has 2 aliphatic rings. The minimum atomic E-state index is 0.00446. The van der Waals surface area contributed by atoms with Crippen molar-refractivity contribution in [3.05, 3.63) is 25.1 Å². The van der Waals surface area contributed by atoms with E-state index in [2.05, 4.69) is 12.0 Å². The summed E-state index contributed by atoms with van der Waals surface area (Å²) in [5, 5.41) is 1.90. The number of rotatable bonds is 3. The predicted molar refractivity (Wildman–Crippen MR) is 53.9 cm³/mol. The highest BCUT2D eigenvalue weighted by Gasteiger charge is 2.34. The van der Waals surface area contributed by atoms with Crippen LogP contribution in [0.2, 0.25) is 0 Å². The van der Waals surface area contributed by atoms with Crippen LogP contribution in [0.25, 0.3) is 0 Å². The lowest BCUT2D eigenvalue weighted by Gasteiger charge is -2.31. The number of fused-ring (bicyclic) bond motifs is 1. The minimum absolute atomic E-state index is 0.00446. The summed E-state index contributed by atoms with van der Waals surface area (Å²) in [5.74, 6) is 0.194. The third-order valence-electron chi connectivity index (χ3n) is 2.60. The summed E-state index contributed by atoms with van der Waals surface area (Å²) in [6.07, 6.45) is 7.34. The molecule has 1 N–H and O–H groups in total. The van der Waals surface area contributed by atoms with Crippen molar-refractivity contribution in [2.75, 3.05) is 13.1 Å². The molecule has 4 heteroatoms. The van der Waals surface area contributed by atoms with Crippen molar-refractivity contribution in [1.29, 1.82) is 0 Å². The number of hydrogen-bond donors (Lipinski definition) is 1. The number of amides is 1. The Morgan fingerprint density at radius 3 is 3.29 bits per heavy atom. The van der Waals surface area contributed by atoms with Gasteiger partial charge in [-0.1, -0.05) is 6.08 Å². The second-order valence-electron chi connectivity index (χ2n) is 3.53. The monoisotopic (exact) mass is 193 g/mol. The maximum Gasteiger partial charge on any atom is 0.250 e. The van der Waals surface area contributed by atoms with Crippen LogP contribution in [-0.4, -0.2) is 34.9 Å². The van der Waals surface area contributed by atoms with E-state index in [-0.39, 0.29) is 11.9 Å². The lowest BCUT2D eigenvalue weighted by Crippen LogP contribution is -2.48. The van der Waals surface area contributed by atoms with Crippen molar-refractivity contribution in [3.63, 3.8) is 0 Å². The van der Waals surface area contributed by atoms with E-state index in [0.29, 0.717) is 0 Å². The number of nitrogens with one attached hydrogen (secondary N) is 1. The zero-order chi connectivity index (χ0) is 9.97. The molecule has 1 amide bonds. The fourth-order valence-electron chi connectivity index (χ4n) is 1.81. The Hall–Kier alpha value is -1.29. The van der Waals surface area contributed by atoms with Crippen LogP contribution in [0.4, 0.5) is 0 Å². The van der Waals surface area contributed by atoms with Crippen LogP contribution in [0.5, 0.6) is 0 Å². The van der Waals surface area contributed by atoms with E-state index >= 15 is 0 Å². The molecule has 1 fully saturated rings. The van der Waals surface area contributed by atoms with Gasteiger partial charge < -0.3 is 9.91 Å². The third kappa shape index (κ3) is 1.53. The zero-order valence-electron chi connectivity index (χ0n) is 8.15. The summed E-state index contributed by atoms with van der Waals surface area (Å²) in [6.45, 7) is 5.28. The predicted octanol–water partition coefficient (Wildman–Crippen LogP) is 0.455. The zero-order valence-corrected chi connectivity index (χ0v) is 8.15. The minimum Gasteiger partial charge on any atom is -0.315 e. The molecule has 0 bridgehead atoms. The number of nitrogens with zero attached hydrogens (tertiary/aromatic N) is 2. The highest BCUT2D eigenvalue weighted by Crippen LogP contribution is 2.17. The van der Waals surface area contributed by atoms with Crippen molar-refractivity contribution in [2.45, 2.75) is 18.9 Å². The van der Waals surface area contributed by atoms with Gasteiger partial charge in [-0.15, -0.1) is 6.58 Å². The first kappa shape index (κ1) is 9.27. The molecule has 0 aromatic heterocycles. The van der Waals surface area contributed by atoms with Crippen LogP contribution >= 0.6 is 0 Å². The van der Waals surface area contributed by atoms with Gasteiger partial charge in [-0.2, -0.15) is 0 Å². The average Bonchev–Trinajstić information content (AvgIpc) is 2.66. The van der Waals surface area contributed by atoms with Crippen molar-refractivity contribution in [1.82, 2.24) is 15.3 Å². The van der Waals surface area contributed by atoms with Gasteiger partial charge in [-0.25, -0.2) is 5.43 Å². The second-order valence-corrected chi connectivity index (χ2v) is 3.53. The number of hydrazine groups is 1. The van der Waals surface area contributed by atoms with E-state index in [9.17, 15) is 4.79 Å². The van der Waals surface area contributed by atoms with Gasteiger partial charge in [0, 0.05) is 25.5 Å². The quantitative estimate of drug-likeness (QED) is 0.661. The Kier molecular flexibility index (Phi) is 2.54. The third-order valence-corrected chi connectivity index (χ3v) is 2.60. The Labute approximate surface area is 83.8 Å². The average molecular weight is 193 g/mol. The summed E-state index contributed by atoms with van der Waals surface area (Å²) in [5.41, 5.74) is 3.14. The Morgan fingerprint density at radius 2 is 2.50 bits per heavy atom. The lowest BCUT2D eigenvalue weighted by atomic mass is 10.1. The molecule has 4 nitrogen and oxygen atoms in total. The van der Waals surface area contributed by atoms with Crippen LogP contribution in [0.1, 0.15) is 12.8 Å². The first-order valence-electron chi connectivity index (χ1n) is 4.94. The summed E-state index contributed by atoms with van der Waals surface area (Å²) in [4.78, 5) is 13.6. The Morgan fingerprint density at radius 1 is 1.64 bits per heavy atom. The Balaban J connectivity index is 2.04. The van der Waals surface area contributed by atoms with Crippen molar-refractivity contribution in [3.8, 4) is 0 Å². The van der Waals surface area contributed by atoms with Gasteiger partial charge >= 0.3 is 0 Å². The second kappa shape index (κ2) is 3.84. The van der Waals surface area contributed by atoms with Gasteiger partial charge in [0.1, 0.15) is 6.04 Å². The molecular weight excluding hydrogens is 178 g/mol. The molecule has 14 heavy (non-hydrogen) atoms. The SMILES string of the molecule is C=CCCN1C=CN2NCCC2C1=O. The molecule has 2 heterocycles. The van der Waals surface area contributed by atoms with Gasteiger partial charge in [-0.3, -0.25) is 4.79 Å². The molecule has 0 aliphatic carbocycles. The Bertz CT molecular complexity index is 275. The van der Waals surface area contributed by atoms with Crippen LogP contribution in [-0.2, 0) is 4.79 Å². The molecule has 2 aliphatic heterocycles. The first-order valence-corrected chi connectivity index (χ1v) is 4.94. The van der Waals surface area contributed by atoms with E-state index in [1.165, 1.54) is 0 Å². The standard InChI is InChI=1S/C10H15N3O/c1-2-3-6-12-7-8-13-9(10(12)14)4-5-11-13/h2,7-9,11H,1,3-6H2. The van der Waals surface area contributed by atoms with Crippen molar-refractivity contribution >= 4 is 5.91 Å². The van der Waals surface area contributed by atoms with Gasteiger partial charge in [-0.05, 0) is 12.8 Å². The van der Waals surface area contributed by atoms with Gasteiger partial charge in [0.2, 0.25) is 0 Å². The van der Waals surface area contributed by atoms with Gasteiger partial charge in [0.15, 0.2) is 0 Å². The topological polar surface area (TPSA) is 35.6 Å². The molecule has 0 spiro atoms. The van der Waals surface area contributed by atoms with Crippen LogP contribution < -0.4 is 5.43 Å². The van der Waals surface area contributed by atoms with Crippen LogP contribution in [0, 0.1) is 0 Å². The molecule has 1 unspecified atom stereocenters. The molecule has 76 valence electrons. The van der Waals surface area contributed by atoms with Crippen molar-refractivity contribution < 1.29 is 4.79 Å². The van der Waals surface area contributed by atoms with Crippen LogP contribution in [0.15, 0.2) is 25.1 Å². The highest BCUT2D eigenvalue weighted by atomic mass is 16.2. The van der Waals surface area contributed by atoms with Crippen LogP contribution in [0.3, 0.4) is 0 Å². The van der Waals surface area contributed by atoms with E-state index in [1.807, 2.05) is 23.5 Å². The van der Waals surface area contributed by atoms with Crippen molar-refractivity contribution in [2.24, 2.45) is 0 Å². The van der Waals surface area contributed by atoms with E-state index in [0.717, 1.165) is 25.9 Å².